The molecule has 118 valence electrons. The molecule has 0 N–H and O–H groups in total. The molecule has 3 unspecified atom stereocenters. The first-order chi connectivity index (χ1) is 9.61. The predicted molar refractivity (Wildman–Crippen MR) is 84.8 cm³/mol. The molecule has 0 radical (unpaired) electrons. The number of hydrogen-bond acceptors (Lipinski definition) is 3. The molecule has 4 nitrogen and oxygen atoms in total. The van der Waals surface area contributed by atoms with Gasteiger partial charge in [0.1, 0.15) is 0 Å². The second-order valence-electron chi connectivity index (χ2n) is 6.17. The summed E-state index contributed by atoms with van der Waals surface area (Å²) in [7, 11) is 4.37. The molecule has 1 amide bonds. The van der Waals surface area contributed by atoms with Crippen LogP contribution in [0.3, 0.4) is 0 Å². The van der Waals surface area contributed by atoms with Gasteiger partial charge >= 0.3 is 0 Å². The third-order valence-corrected chi connectivity index (χ3v) is 4.75. The number of amides is 1. The van der Waals surface area contributed by atoms with Crippen molar-refractivity contribution in [3.8, 4) is 0 Å². The fraction of sp³-hybridized carbons (Fsp3) is 0.938. The molecule has 1 saturated heterocycles. The quantitative estimate of drug-likeness (QED) is 0.737. The van der Waals surface area contributed by atoms with Crippen LogP contribution in [0, 0.1) is 5.92 Å². The molecule has 0 aromatic heterocycles. The summed E-state index contributed by atoms with van der Waals surface area (Å²) >= 11 is 0. The van der Waals surface area contributed by atoms with Crippen LogP contribution in [0.4, 0.5) is 0 Å². The number of nitrogens with zero attached hydrogens (tertiary/aromatic N) is 3. The van der Waals surface area contributed by atoms with E-state index in [0.717, 1.165) is 38.5 Å². The van der Waals surface area contributed by atoms with Gasteiger partial charge in [0.15, 0.2) is 0 Å². The van der Waals surface area contributed by atoms with Crippen LogP contribution in [0.2, 0.25) is 0 Å². The summed E-state index contributed by atoms with van der Waals surface area (Å²) in [5.74, 6) is 0.806. The Labute approximate surface area is 125 Å². The third kappa shape index (κ3) is 4.45. The van der Waals surface area contributed by atoms with E-state index >= 15 is 0 Å². The largest absolute Gasteiger partial charge is 0.338 e. The summed E-state index contributed by atoms with van der Waals surface area (Å²) in [6, 6.07) is 1.07. The van der Waals surface area contributed by atoms with Crippen molar-refractivity contribution in [3.05, 3.63) is 0 Å². The van der Waals surface area contributed by atoms with Crippen molar-refractivity contribution in [2.75, 3.05) is 40.3 Å². The standard InChI is InChI=1S/C14H27N3O.C2H6/c1-12-5-4-6-14(12)16(3)10-13-9-15(2)7-8-17(13)11-18;1-2/h11-14H,4-10H2,1-3H3;1-2H3. The zero-order chi connectivity index (χ0) is 15.1. The molecule has 0 spiro atoms. The lowest BCUT2D eigenvalue weighted by atomic mass is 10.0. The van der Waals surface area contributed by atoms with Crippen LogP contribution in [0.1, 0.15) is 40.0 Å². The highest BCUT2D eigenvalue weighted by Gasteiger charge is 2.31. The lowest BCUT2D eigenvalue weighted by molar-refractivity contribution is -0.123. The minimum atomic E-state index is 0.360. The molecule has 1 aliphatic heterocycles. The zero-order valence-corrected chi connectivity index (χ0v) is 14.0. The van der Waals surface area contributed by atoms with Crippen LogP contribution < -0.4 is 0 Å². The van der Waals surface area contributed by atoms with Crippen LogP contribution in [-0.2, 0) is 4.79 Å². The highest BCUT2D eigenvalue weighted by atomic mass is 16.1. The Morgan fingerprint density at radius 2 is 1.95 bits per heavy atom. The zero-order valence-electron chi connectivity index (χ0n) is 14.0. The van der Waals surface area contributed by atoms with E-state index in [0.29, 0.717) is 12.1 Å². The molecule has 0 aromatic rings. The van der Waals surface area contributed by atoms with Gasteiger partial charge in [0.05, 0.1) is 6.04 Å². The number of hydrogen-bond donors (Lipinski definition) is 0. The Morgan fingerprint density at radius 1 is 1.25 bits per heavy atom. The molecule has 0 aromatic carbocycles. The molecular weight excluding hydrogens is 250 g/mol. The van der Waals surface area contributed by atoms with Crippen LogP contribution in [0.25, 0.3) is 0 Å². The SMILES string of the molecule is CC.CC1CCCC1N(C)CC1CN(C)CCN1C=O. The fourth-order valence-electron chi connectivity index (χ4n) is 3.57. The molecule has 20 heavy (non-hydrogen) atoms. The number of piperazine rings is 1. The Hall–Kier alpha value is -0.610. The molecule has 4 heteroatoms. The molecule has 2 aliphatic rings. The molecule has 0 bridgehead atoms. The van der Waals surface area contributed by atoms with Gasteiger partial charge in [-0.1, -0.05) is 27.2 Å². The van der Waals surface area contributed by atoms with Gasteiger partial charge in [-0.2, -0.15) is 0 Å². The topological polar surface area (TPSA) is 26.8 Å². The van der Waals surface area contributed by atoms with Crippen molar-refractivity contribution < 1.29 is 4.79 Å². The molecule has 2 fully saturated rings. The highest BCUT2D eigenvalue weighted by Crippen LogP contribution is 2.29. The van der Waals surface area contributed by atoms with Crippen LogP contribution in [0.15, 0.2) is 0 Å². The minimum absolute atomic E-state index is 0.360. The fourth-order valence-corrected chi connectivity index (χ4v) is 3.57. The monoisotopic (exact) mass is 283 g/mol. The van der Waals surface area contributed by atoms with Crippen molar-refractivity contribution in [2.24, 2.45) is 5.92 Å². The van der Waals surface area contributed by atoms with Crippen LogP contribution >= 0.6 is 0 Å². The van der Waals surface area contributed by atoms with Gasteiger partial charge in [0.25, 0.3) is 0 Å². The lowest BCUT2D eigenvalue weighted by Crippen LogP contribution is -2.56. The van der Waals surface area contributed by atoms with E-state index in [1.165, 1.54) is 19.3 Å². The van der Waals surface area contributed by atoms with E-state index < -0.39 is 0 Å². The third-order valence-electron chi connectivity index (χ3n) is 4.75. The van der Waals surface area contributed by atoms with E-state index in [9.17, 15) is 4.79 Å². The number of likely N-dealkylation sites (N-methyl/N-ethyl adjacent to an activating group) is 2. The predicted octanol–water partition coefficient (Wildman–Crippen LogP) is 1.91. The van der Waals surface area contributed by atoms with E-state index in [4.69, 9.17) is 0 Å². The van der Waals surface area contributed by atoms with Gasteiger partial charge in [0, 0.05) is 32.2 Å². The number of carbonyl (C=O) groups is 1. The molecular formula is C16H33N3O. The summed E-state index contributed by atoms with van der Waals surface area (Å²) in [4.78, 5) is 17.9. The summed E-state index contributed by atoms with van der Waals surface area (Å²) in [5, 5.41) is 0. The Kier molecular flexibility index (Phi) is 7.52. The average Bonchev–Trinajstić information content (AvgIpc) is 2.87. The van der Waals surface area contributed by atoms with Crippen molar-refractivity contribution in [1.29, 1.82) is 0 Å². The van der Waals surface area contributed by atoms with Crippen molar-refractivity contribution >= 4 is 6.41 Å². The smallest absolute Gasteiger partial charge is 0.210 e. The second-order valence-corrected chi connectivity index (χ2v) is 6.17. The molecule has 1 saturated carbocycles. The lowest BCUT2D eigenvalue weighted by Gasteiger charge is -2.41. The maximum atomic E-state index is 11.1. The van der Waals surface area contributed by atoms with Crippen LogP contribution in [-0.4, -0.2) is 73.5 Å². The first-order valence-corrected chi connectivity index (χ1v) is 8.21. The molecule has 1 heterocycles. The summed E-state index contributed by atoms with van der Waals surface area (Å²) in [6.45, 7) is 10.2. The minimum Gasteiger partial charge on any atom is -0.338 e. The van der Waals surface area contributed by atoms with E-state index in [1.54, 1.807) is 0 Å². The number of carbonyl (C=O) groups excluding carboxylic acids is 1. The first kappa shape index (κ1) is 17.4. The van der Waals surface area contributed by atoms with Crippen molar-refractivity contribution in [1.82, 2.24) is 14.7 Å². The Bertz CT molecular complexity index is 285. The van der Waals surface area contributed by atoms with Gasteiger partial charge in [-0.05, 0) is 32.9 Å². The summed E-state index contributed by atoms with van der Waals surface area (Å²) in [5.41, 5.74) is 0. The van der Waals surface area contributed by atoms with Gasteiger partial charge in [-0.25, -0.2) is 0 Å². The average molecular weight is 283 g/mol. The van der Waals surface area contributed by atoms with Gasteiger partial charge in [-0.3, -0.25) is 4.79 Å². The van der Waals surface area contributed by atoms with Gasteiger partial charge in [-0.15, -0.1) is 0 Å². The van der Waals surface area contributed by atoms with Crippen molar-refractivity contribution in [2.45, 2.75) is 52.1 Å². The second kappa shape index (κ2) is 8.63. The van der Waals surface area contributed by atoms with E-state index in [-0.39, 0.29) is 0 Å². The maximum absolute atomic E-state index is 11.1. The molecule has 3 atom stereocenters. The normalized spacial score (nSPS) is 31.1. The summed E-state index contributed by atoms with van der Waals surface area (Å²) in [6.07, 6.45) is 5.07. The van der Waals surface area contributed by atoms with Gasteiger partial charge < -0.3 is 14.7 Å². The van der Waals surface area contributed by atoms with Crippen molar-refractivity contribution in [3.63, 3.8) is 0 Å². The van der Waals surface area contributed by atoms with E-state index in [2.05, 4.69) is 30.8 Å². The first-order valence-electron chi connectivity index (χ1n) is 8.21. The maximum Gasteiger partial charge on any atom is 0.210 e. The van der Waals surface area contributed by atoms with E-state index in [1.807, 2.05) is 18.7 Å². The highest BCUT2D eigenvalue weighted by molar-refractivity contribution is 5.48. The molecule has 2 rings (SSSR count). The van der Waals surface area contributed by atoms with Gasteiger partial charge in [0.2, 0.25) is 6.41 Å². The number of rotatable bonds is 4. The Balaban J connectivity index is 0.000000956. The Morgan fingerprint density at radius 3 is 2.50 bits per heavy atom. The summed E-state index contributed by atoms with van der Waals surface area (Å²) < 4.78 is 0. The van der Waals surface area contributed by atoms with Crippen LogP contribution in [0.5, 0.6) is 0 Å². The molecule has 1 aliphatic carbocycles.